The van der Waals surface area contributed by atoms with Crippen LogP contribution in [0.5, 0.6) is 0 Å². The van der Waals surface area contributed by atoms with Crippen molar-refractivity contribution in [3.63, 3.8) is 0 Å². The molecular formula is C30H18O2. The minimum absolute atomic E-state index is 0.920. The smallest absolute Gasteiger partial charge is 0.135 e. The molecule has 0 aliphatic heterocycles. The van der Waals surface area contributed by atoms with E-state index in [1.165, 1.54) is 22.3 Å². The molecule has 2 aromatic heterocycles. The molecule has 0 N–H and O–H groups in total. The van der Waals surface area contributed by atoms with Crippen molar-refractivity contribution in [1.29, 1.82) is 0 Å². The molecule has 0 radical (unpaired) electrons. The van der Waals surface area contributed by atoms with Gasteiger partial charge in [-0.15, -0.1) is 0 Å². The highest BCUT2D eigenvalue weighted by atomic mass is 16.3. The van der Waals surface area contributed by atoms with Gasteiger partial charge in [-0.05, 0) is 64.7 Å². The largest absolute Gasteiger partial charge is 0.456 e. The first-order chi connectivity index (χ1) is 15.8. The van der Waals surface area contributed by atoms with Crippen LogP contribution in [-0.4, -0.2) is 0 Å². The molecule has 2 nitrogen and oxygen atoms in total. The Hall–Kier alpha value is -4.30. The highest BCUT2D eigenvalue weighted by Gasteiger charge is 2.10. The maximum absolute atomic E-state index is 6.00. The van der Waals surface area contributed by atoms with Crippen molar-refractivity contribution < 1.29 is 8.83 Å². The molecule has 0 spiro atoms. The summed E-state index contributed by atoms with van der Waals surface area (Å²) in [5.41, 5.74) is 8.43. The summed E-state index contributed by atoms with van der Waals surface area (Å²) in [6.45, 7) is 0. The summed E-state index contributed by atoms with van der Waals surface area (Å²) < 4.78 is 12.0. The summed E-state index contributed by atoms with van der Waals surface area (Å²) >= 11 is 0. The average Bonchev–Trinajstić information content (AvgIpc) is 3.41. The molecule has 0 fully saturated rings. The molecule has 7 rings (SSSR count). The fourth-order valence-corrected chi connectivity index (χ4v) is 4.69. The molecule has 0 saturated carbocycles. The van der Waals surface area contributed by atoms with Gasteiger partial charge < -0.3 is 8.83 Å². The monoisotopic (exact) mass is 410 g/mol. The number of furan rings is 2. The van der Waals surface area contributed by atoms with Crippen LogP contribution in [0.4, 0.5) is 0 Å². The summed E-state index contributed by atoms with van der Waals surface area (Å²) in [4.78, 5) is 0. The van der Waals surface area contributed by atoms with Crippen LogP contribution in [0.3, 0.4) is 0 Å². The lowest BCUT2D eigenvalue weighted by molar-refractivity contribution is 0.668. The van der Waals surface area contributed by atoms with E-state index >= 15 is 0 Å². The molecule has 7 aromatic rings. The van der Waals surface area contributed by atoms with E-state index in [1.807, 2.05) is 24.3 Å². The van der Waals surface area contributed by atoms with Gasteiger partial charge in [-0.2, -0.15) is 0 Å². The fourth-order valence-electron chi connectivity index (χ4n) is 4.69. The number of benzene rings is 5. The van der Waals surface area contributed by atoms with E-state index in [0.717, 1.165) is 43.9 Å². The van der Waals surface area contributed by atoms with Crippen molar-refractivity contribution in [2.75, 3.05) is 0 Å². The van der Waals surface area contributed by atoms with Crippen LogP contribution in [0.2, 0.25) is 0 Å². The minimum Gasteiger partial charge on any atom is -0.456 e. The average molecular weight is 410 g/mol. The molecule has 0 saturated heterocycles. The SMILES string of the molecule is c1cc(-c2ccc3oc4ccccc4c3c2)cc(-c2ccc3oc4ccccc4c3c2)c1. The highest BCUT2D eigenvalue weighted by molar-refractivity contribution is 6.07. The molecule has 0 unspecified atom stereocenters. The predicted molar refractivity (Wildman–Crippen MR) is 132 cm³/mol. The molecule has 2 heterocycles. The Morgan fingerprint density at radius 1 is 0.312 bits per heavy atom. The lowest BCUT2D eigenvalue weighted by Gasteiger charge is -2.07. The Kier molecular flexibility index (Phi) is 3.58. The first-order valence-corrected chi connectivity index (χ1v) is 10.8. The molecule has 5 aromatic carbocycles. The lowest BCUT2D eigenvalue weighted by atomic mass is 9.97. The number of hydrogen-bond donors (Lipinski definition) is 0. The van der Waals surface area contributed by atoms with Crippen LogP contribution in [0.1, 0.15) is 0 Å². The van der Waals surface area contributed by atoms with Gasteiger partial charge in [0.25, 0.3) is 0 Å². The number of fused-ring (bicyclic) bond motifs is 6. The van der Waals surface area contributed by atoms with Crippen LogP contribution in [0.25, 0.3) is 66.1 Å². The lowest BCUT2D eigenvalue weighted by Crippen LogP contribution is -1.82. The summed E-state index contributed by atoms with van der Waals surface area (Å²) in [5.74, 6) is 0. The van der Waals surface area contributed by atoms with Gasteiger partial charge in [-0.3, -0.25) is 0 Å². The molecule has 0 aliphatic carbocycles. The second-order valence-corrected chi connectivity index (χ2v) is 8.20. The van der Waals surface area contributed by atoms with Crippen molar-refractivity contribution in [1.82, 2.24) is 0 Å². The molecule has 0 amide bonds. The minimum atomic E-state index is 0.920. The van der Waals surface area contributed by atoms with Gasteiger partial charge in [-0.25, -0.2) is 0 Å². The first-order valence-electron chi connectivity index (χ1n) is 10.8. The number of rotatable bonds is 2. The molecule has 2 heteroatoms. The zero-order valence-electron chi connectivity index (χ0n) is 17.2. The Labute approximate surface area is 184 Å². The Balaban J connectivity index is 1.37. The van der Waals surface area contributed by atoms with Crippen LogP contribution >= 0.6 is 0 Å². The molecule has 0 aliphatic rings. The summed E-state index contributed by atoms with van der Waals surface area (Å²) in [7, 11) is 0. The van der Waals surface area contributed by atoms with E-state index in [1.54, 1.807) is 0 Å². The quantitative estimate of drug-likeness (QED) is 0.284. The standard InChI is InChI=1S/C30H18O2/c1-3-10-27-23(8-1)25-17-21(12-14-29(25)31-27)19-6-5-7-20(16-19)22-13-15-30-26(18-22)24-9-2-4-11-28(24)32-30/h1-18H. The van der Waals surface area contributed by atoms with Crippen molar-refractivity contribution in [2.45, 2.75) is 0 Å². The van der Waals surface area contributed by atoms with Gasteiger partial charge in [0, 0.05) is 21.5 Å². The Morgan fingerprint density at radius 2 is 0.750 bits per heavy atom. The van der Waals surface area contributed by atoms with Crippen molar-refractivity contribution in [3.8, 4) is 22.3 Å². The van der Waals surface area contributed by atoms with Crippen molar-refractivity contribution in [3.05, 3.63) is 109 Å². The predicted octanol–water partition coefficient (Wildman–Crippen LogP) is 8.82. The normalized spacial score (nSPS) is 11.8. The molecule has 32 heavy (non-hydrogen) atoms. The van der Waals surface area contributed by atoms with E-state index in [9.17, 15) is 0 Å². The van der Waals surface area contributed by atoms with Gasteiger partial charge in [0.2, 0.25) is 0 Å². The zero-order chi connectivity index (χ0) is 21.1. The van der Waals surface area contributed by atoms with E-state index in [2.05, 4.69) is 84.9 Å². The molecule has 0 atom stereocenters. The zero-order valence-corrected chi connectivity index (χ0v) is 17.2. The third kappa shape index (κ3) is 2.60. The molecule has 0 bridgehead atoms. The van der Waals surface area contributed by atoms with Crippen LogP contribution in [-0.2, 0) is 0 Å². The highest BCUT2D eigenvalue weighted by Crippen LogP contribution is 2.35. The first kappa shape index (κ1) is 17.4. The second-order valence-electron chi connectivity index (χ2n) is 8.20. The third-order valence-electron chi connectivity index (χ3n) is 6.28. The van der Waals surface area contributed by atoms with E-state index in [4.69, 9.17) is 8.83 Å². The van der Waals surface area contributed by atoms with Crippen LogP contribution < -0.4 is 0 Å². The molecule has 150 valence electrons. The van der Waals surface area contributed by atoms with Crippen LogP contribution in [0.15, 0.2) is 118 Å². The Bertz CT molecular complexity index is 1650. The van der Waals surface area contributed by atoms with Gasteiger partial charge >= 0.3 is 0 Å². The third-order valence-corrected chi connectivity index (χ3v) is 6.28. The fraction of sp³-hybridized carbons (Fsp3) is 0. The second kappa shape index (κ2) is 6.60. The number of hydrogen-bond acceptors (Lipinski definition) is 2. The van der Waals surface area contributed by atoms with Gasteiger partial charge in [0.05, 0.1) is 0 Å². The van der Waals surface area contributed by atoms with Crippen LogP contribution in [0, 0.1) is 0 Å². The Morgan fingerprint density at radius 3 is 1.28 bits per heavy atom. The van der Waals surface area contributed by atoms with E-state index in [0.29, 0.717) is 0 Å². The van der Waals surface area contributed by atoms with Gasteiger partial charge in [-0.1, -0.05) is 66.7 Å². The van der Waals surface area contributed by atoms with E-state index < -0.39 is 0 Å². The maximum atomic E-state index is 6.00. The maximum Gasteiger partial charge on any atom is 0.135 e. The van der Waals surface area contributed by atoms with Crippen molar-refractivity contribution in [2.24, 2.45) is 0 Å². The summed E-state index contributed by atoms with van der Waals surface area (Å²) in [6.07, 6.45) is 0. The van der Waals surface area contributed by atoms with E-state index in [-0.39, 0.29) is 0 Å². The summed E-state index contributed by atoms with van der Waals surface area (Å²) in [6, 6.07) is 38.0. The van der Waals surface area contributed by atoms with Crippen molar-refractivity contribution >= 4 is 43.9 Å². The topological polar surface area (TPSA) is 26.3 Å². The summed E-state index contributed by atoms with van der Waals surface area (Å²) in [5, 5.41) is 4.60. The van der Waals surface area contributed by atoms with Gasteiger partial charge in [0.1, 0.15) is 22.3 Å². The molecular weight excluding hydrogens is 392 g/mol. The van der Waals surface area contributed by atoms with Gasteiger partial charge in [0.15, 0.2) is 0 Å². The number of para-hydroxylation sites is 2.